The van der Waals surface area contributed by atoms with Crippen LogP contribution in [0.15, 0.2) is 30.6 Å². The van der Waals surface area contributed by atoms with E-state index >= 15 is 0 Å². The molecule has 5 aliphatic rings. The minimum Gasteiger partial charge on any atom is -0.340 e. The number of hydrogen-bond donors (Lipinski definition) is 1. The number of carbonyl (C=O) groups is 1. The molecule has 2 bridgehead atoms. The SMILES string of the molecule is C=C1Nc2cccc3c2N1CCN(C1CN2CCC1CC2)C3=O. The van der Waals surface area contributed by atoms with Gasteiger partial charge in [-0.05, 0) is 44.0 Å². The van der Waals surface area contributed by atoms with Gasteiger partial charge in [0.1, 0.15) is 5.82 Å². The predicted octanol–water partition coefficient (Wildman–Crippen LogP) is 1.94. The van der Waals surface area contributed by atoms with E-state index < -0.39 is 0 Å². The Morgan fingerprint density at radius 1 is 1.13 bits per heavy atom. The minimum atomic E-state index is 0.194. The normalized spacial score (nSPS) is 31.9. The number of piperidine rings is 3. The minimum absolute atomic E-state index is 0.194. The second-order valence-electron chi connectivity index (χ2n) is 7.13. The number of benzene rings is 1. The predicted molar refractivity (Wildman–Crippen MR) is 90.5 cm³/mol. The summed E-state index contributed by atoms with van der Waals surface area (Å²) in [6.45, 7) is 9.18. The molecule has 0 saturated carbocycles. The Labute approximate surface area is 136 Å². The van der Waals surface area contributed by atoms with Crippen molar-refractivity contribution in [3.05, 3.63) is 36.2 Å². The molecule has 3 fully saturated rings. The molecule has 0 aliphatic carbocycles. The van der Waals surface area contributed by atoms with Crippen molar-refractivity contribution in [3.8, 4) is 0 Å². The van der Waals surface area contributed by atoms with Crippen molar-refractivity contribution >= 4 is 17.3 Å². The first-order chi connectivity index (χ1) is 11.2. The number of carbonyl (C=O) groups excluding carboxylic acids is 1. The standard InChI is InChI=1S/C18H22N4O/c1-12-19-15-4-2-3-14-17(15)21(12)9-10-22(18(14)23)16-11-20-7-5-13(16)6-8-20/h2-4,13,16,19H,1,5-11H2. The lowest BCUT2D eigenvalue weighted by atomic mass is 9.83. The molecule has 1 amide bonds. The highest BCUT2D eigenvalue weighted by Crippen LogP contribution is 2.42. The molecule has 1 unspecified atom stereocenters. The topological polar surface area (TPSA) is 38.8 Å². The van der Waals surface area contributed by atoms with Crippen LogP contribution in [0.5, 0.6) is 0 Å². The van der Waals surface area contributed by atoms with Crippen LogP contribution >= 0.6 is 0 Å². The zero-order valence-corrected chi connectivity index (χ0v) is 13.3. The molecular weight excluding hydrogens is 288 g/mol. The van der Waals surface area contributed by atoms with Gasteiger partial charge in [0.15, 0.2) is 0 Å². The van der Waals surface area contributed by atoms with Gasteiger partial charge in [0.2, 0.25) is 0 Å². The van der Waals surface area contributed by atoms with Gasteiger partial charge in [0.05, 0.1) is 16.9 Å². The molecular formula is C18H22N4O. The third kappa shape index (κ3) is 1.86. The molecule has 1 atom stereocenters. The van der Waals surface area contributed by atoms with Gasteiger partial charge in [-0.1, -0.05) is 12.6 Å². The largest absolute Gasteiger partial charge is 0.340 e. The Morgan fingerprint density at radius 2 is 1.96 bits per heavy atom. The Kier molecular flexibility index (Phi) is 2.77. The maximum Gasteiger partial charge on any atom is 0.256 e. The van der Waals surface area contributed by atoms with Crippen LogP contribution in [-0.2, 0) is 0 Å². The summed E-state index contributed by atoms with van der Waals surface area (Å²) in [6, 6.07) is 6.34. The first-order valence-electron chi connectivity index (χ1n) is 8.62. The van der Waals surface area contributed by atoms with Crippen LogP contribution in [-0.4, -0.2) is 54.5 Å². The zero-order valence-electron chi connectivity index (χ0n) is 13.3. The molecule has 5 heteroatoms. The van der Waals surface area contributed by atoms with Crippen molar-refractivity contribution in [2.75, 3.05) is 42.9 Å². The molecule has 6 rings (SSSR count). The summed E-state index contributed by atoms with van der Waals surface area (Å²) in [5.74, 6) is 1.75. The van der Waals surface area contributed by atoms with E-state index in [1.165, 1.54) is 25.9 Å². The van der Waals surface area contributed by atoms with Crippen molar-refractivity contribution in [1.29, 1.82) is 0 Å². The van der Waals surface area contributed by atoms with E-state index in [-0.39, 0.29) is 5.91 Å². The summed E-state index contributed by atoms with van der Waals surface area (Å²) in [6.07, 6.45) is 2.47. The van der Waals surface area contributed by atoms with E-state index in [1.807, 2.05) is 18.2 Å². The van der Waals surface area contributed by atoms with Gasteiger partial charge in [-0.15, -0.1) is 0 Å². The van der Waals surface area contributed by atoms with Crippen LogP contribution in [0.25, 0.3) is 0 Å². The van der Waals surface area contributed by atoms with Crippen LogP contribution in [0.2, 0.25) is 0 Å². The number of nitrogens with one attached hydrogen (secondary N) is 1. The first kappa shape index (κ1) is 13.4. The van der Waals surface area contributed by atoms with Crippen molar-refractivity contribution < 1.29 is 4.79 Å². The summed E-state index contributed by atoms with van der Waals surface area (Å²) < 4.78 is 0. The molecule has 1 aromatic carbocycles. The maximum absolute atomic E-state index is 13.3. The Balaban J connectivity index is 1.54. The smallest absolute Gasteiger partial charge is 0.256 e. The average Bonchev–Trinajstić information content (AvgIpc) is 2.82. The molecule has 0 radical (unpaired) electrons. The molecule has 120 valence electrons. The van der Waals surface area contributed by atoms with Gasteiger partial charge < -0.3 is 20.0 Å². The molecule has 1 N–H and O–H groups in total. The van der Waals surface area contributed by atoms with Crippen LogP contribution < -0.4 is 10.2 Å². The van der Waals surface area contributed by atoms with Crippen molar-refractivity contribution in [2.24, 2.45) is 5.92 Å². The third-order valence-corrected chi connectivity index (χ3v) is 5.99. The Bertz CT molecular complexity index is 692. The second kappa shape index (κ2) is 4.74. The van der Waals surface area contributed by atoms with Crippen molar-refractivity contribution in [3.63, 3.8) is 0 Å². The highest BCUT2D eigenvalue weighted by atomic mass is 16.2. The molecule has 5 nitrogen and oxygen atoms in total. The highest BCUT2D eigenvalue weighted by molar-refractivity contribution is 6.05. The summed E-state index contributed by atoms with van der Waals surface area (Å²) in [7, 11) is 0. The van der Waals surface area contributed by atoms with E-state index in [2.05, 4.69) is 26.6 Å². The van der Waals surface area contributed by atoms with E-state index in [0.29, 0.717) is 12.0 Å². The summed E-state index contributed by atoms with van der Waals surface area (Å²) in [5.41, 5.74) is 2.85. The number of nitrogens with zero attached hydrogens (tertiary/aromatic N) is 3. The monoisotopic (exact) mass is 310 g/mol. The molecule has 5 heterocycles. The van der Waals surface area contributed by atoms with Crippen molar-refractivity contribution in [2.45, 2.75) is 18.9 Å². The lowest BCUT2D eigenvalue weighted by molar-refractivity contribution is 0.00906. The fourth-order valence-corrected chi connectivity index (χ4v) is 4.78. The van der Waals surface area contributed by atoms with E-state index in [0.717, 1.165) is 42.4 Å². The maximum atomic E-state index is 13.3. The highest BCUT2D eigenvalue weighted by Gasteiger charge is 2.42. The lowest BCUT2D eigenvalue weighted by Crippen LogP contribution is -2.59. The van der Waals surface area contributed by atoms with Gasteiger partial charge in [-0.2, -0.15) is 0 Å². The molecule has 3 saturated heterocycles. The number of para-hydroxylation sites is 1. The van der Waals surface area contributed by atoms with Crippen LogP contribution in [0, 0.1) is 5.92 Å². The molecule has 5 aliphatic heterocycles. The average molecular weight is 310 g/mol. The molecule has 23 heavy (non-hydrogen) atoms. The number of anilines is 2. The van der Waals surface area contributed by atoms with Crippen LogP contribution in [0.3, 0.4) is 0 Å². The number of rotatable bonds is 1. The molecule has 0 spiro atoms. The van der Waals surface area contributed by atoms with E-state index in [4.69, 9.17) is 0 Å². The van der Waals surface area contributed by atoms with Crippen LogP contribution in [0.1, 0.15) is 23.2 Å². The van der Waals surface area contributed by atoms with Gasteiger partial charge in [0, 0.05) is 25.7 Å². The second-order valence-corrected chi connectivity index (χ2v) is 7.13. The van der Waals surface area contributed by atoms with Gasteiger partial charge in [-0.25, -0.2) is 0 Å². The lowest BCUT2D eigenvalue weighted by Gasteiger charge is -2.48. The number of amides is 1. The molecule has 0 aromatic heterocycles. The first-order valence-corrected chi connectivity index (χ1v) is 8.62. The zero-order chi connectivity index (χ0) is 15.6. The van der Waals surface area contributed by atoms with Crippen LogP contribution in [0.4, 0.5) is 11.4 Å². The van der Waals surface area contributed by atoms with Gasteiger partial charge in [0.25, 0.3) is 5.91 Å². The molecule has 1 aromatic rings. The summed E-state index contributed by atoms with van der Waals surface area (Å²) in [4.78, 5) is 20.1. The fourth-order valence-electron chi connectivity index (χ4n) is 4.78. The fraction of sp³-hybridized carbons (Fsp3) is 0.500. The van der Waals surface area contributed by atoms with Gasteiger partial charge >= 0.3 is 0 Å². The van der Waals surface area contributed by atoms with E-state index in [9.17, 15) is 4.79 Å². The third-order valence-electron chi connectivity index (χ3n) is 5.99. The summed E-state index contributed by atoms with van der Waals surface area (Å²) in [5, 5.41) is 3.30. The van der Waals surface area contributed by atoms with E-state index in [1.54, 1.807) is 0 Å². The summed E-state index contributed by atoms with van der Waals surface area (Å²) >= 11 is 0. The quantitative estimate of drug-likeness (QED) is 0.860. The number of fused-ring (bicyclic) bond motifs is 3. The Hall–Kier alpha value is -2.01. The van der Waals surface area contributed by atoms with Gasteiger partial charge in [-0.3, -0.25) is 4.79 Å². The van der Waals surface area contributed by atoms with Crippen molar-refractivity contribution in [1.82, 2.24) is 9.80 Å². The Morgan fingerprint density at radius 3 is 2.70 bits per heavy atom. The number of hydrogen-bond acceptors (Lipinski definition) is 4.